The van der Waals surface area contributed by atoms with E-state index in [2.05, 4.69) is 15.9 Å². The van der Waals surface area contributed by atoms with Gasteiger partial charge in [-0.05, 0) is 25.7 Å². The number of carbonyl (C=O) groups is 1. The lowest BCUT2D eigenvalue weighted by atomic mass is 9.91. The number of amides is 1. The molecule has 1 fully saturated rings. The van der Waals surface area contributed by atoms with Crippen LogP contribution in [0.3, 0.4) is 0 Å². The van der Waals surface area contributed by atoms with Crippen LogP contribution >= 0.6 is 27.3 Å². The molecule has 1 saturated carbocycles. The van der Waals surface area contributed by atoms with E-state index in [9.17, 15) is 4.79 Å². The fraction of sp³-hybridized carbons (Fsp3) is 0.615. The summed E-state index contributed by atoms with van der Waals surface area (Å²) in [4.78, 5) is 15.3. The van der Waals surface area contributed by atoms with Crippen molar-refractivity contribution < 1.29 is 9.53 Å². The molecule has 0 aliphatic heterocycles. The van der Waals surface area contributed by atoms with E-state index in [1.165, 1.54) is 17.8 Å². The van der Waals surface area contributed by atoms with E-state index in [-0.39, 0.29) is 5.91 Å². The van der Waals surface area contributed by atoms with Crippen molar-refractivity contribution in [2.75, 3.05) is 19.0 Å². The van der Waals surface area contributed by atoms with E-state index >= 15 is 0 Å². The maximum atomic E-state index is 12.5. The lowest BCUT2D eigenvalue weighted by Crippen LogP contribution is -2.44. The van der Waals surface area contributed by atoms with Gasteiger partial charge in [0.05, 0.1) is 12.0 Å². The fourth-order valence-electron chi connectivity index (χ4n) is 2.06. The Balaban J connectivity index is 2.06. The van der Waals surface area contributed by atoms with E-state index in [4.69, 9.17) is 4.74 Å². The molecule has 0 atom stereocenters. The van der Waals surface area contributed by atoms with Crippen LogP contribution < -0.4 is 4.74 Å². The minimum atomic E-state index is 0.161. The maximum absolute atomic E-state index is 12.5. The summed E-state index contributed by atoms with van der Waals surface area (Å²) in [5, 5.41) is 2.83. The molecule has 3 nitrogen and oxygen atoms in total. The van der Waals surface area contributed by atoms with Gasteiger partial charge in [0.25, 0.3) is 5.91 Å². The van der Waals surface area contributed by atoms with Crippen molar-refractivity contribution in [2.24, 2.45) is 0 Å². The van der Waals surface area contributed by atoms with Crippen LogP contribution in [0.25, 0.3) is 0 Å². The van der Waals surface area contributed by atoms with Crippen molar-refractivity contribution in [1.29, 1.82) is 0 Å². The van der Waals surface area contributed by atoms with E-state index in [1.54, 1.807) is 7.11 Å². The van der Waals surface area contributed by atoms with Gasteiger partial charge in [-0.25, -0.2) is 0 Å². The zero-order chi connectivity index (χ0) is 13.0. The molecule has 1 aliphatic carbocycles. The summed E-state index contributed by atoms with van der Waals surface area (Å²) in [7, 11) is 1.63. The number of halogens is 1. The maximum Gasteiger partial charge on any atom is 0.264 e. The lowest BCUT2D eigenvalue weighted by molar-refractivity contribution is 0.0586. The average Bonchev–Trinajstić information content (AvgIpc) is 2.79. The molecular weight excluding hydrogens is 314 g/mol. The average molecular weight is 332 g/mol. The van der Waals surface area contributed by atoms with E-state index < -0.39 is 0 Å². The van der Waals surface area contributed by atoms with Gasteiger partial charge in [-0.1, -0.05) is 15.9 Å². The topological polar surface area (TPSA) is 29.5 Å². The second-order valence-corrected chi connectivity index (χ2v) is 6.18. The largest absolute Gasteiger partial charge is 0.496 e. The first kappa shape index (κ1) is 13.9. The standard InChI is InChI=1S/C13H18BrNO2S/c1-17-11-8-12(18-9-11)13(16)15(7-3-6-14)10-4-2-5-10/h8-10H,2-7H2,1H3. The van der Waals surface area contributed by atoms with Crippen molar-refractivity contribution in [3.63, 3.8) is 0 Å². The Hall–Kier alpha value is -0.550. The van der Waals surface area contributed by atoms with E-state index in [1.807, 2.05) is 16.3 Å². The molecular formula is C13H18BrNO2S. The van der Waals surface area contributed by atoms with Gasteiger partial charge < -0.3 is 9.64 Å². The number of carbonyl (C=O) groups excluding carboxylic acids is 1. The molecule has 1 aliphatic rings. The van der Waals surface area contributed by atoms with Gasteiger partial charge in [-0.3, -0.25) is 4.79 Å². The quantitative estimate of drug-likeness (QED) is 0.746. The first-order chi connectivity index (χ1) is 8.76. The van der Waals surface area contributed by atoms with Crippen LogP contribution in [-0.4, -0.2) is 35.8 Å². The molecule has 5 heteroatoms. The Morgan fingerprint density at radius 1 is 1.61 bits per heavy atom. The van der Waals surface area contributed by atoms with E-state index in [0.29, 0.717) is 6.04 Å². The molecule has 1 aromatic heterocycles. The van der Waals surface area contributed by atoms with E-state index in [0.717, 1.165) is 41.8 Å². The van der Waals surface area contributed by atoms with Crippen molar-refractivity contribution >= 4 is 33.2 Å². The van der Waals surface area contributed by atoms with Crippen molar-refractivity contribution in [1.82, 2.24) is 4.90 Å². The van der Waals surface area contributed by atoms with Crippen LogP contribution in [0.2, 0.25) is 0 Å². The molecule has 0 aromatic carbocycles. The third kappa shape index (κ3) is 3.06. The molecule has 18 heavy (non-hydrogen) atoms. The zero-order valence-corrected chi connectivity index (χ0v) is 12.9. The smallest absolute Gasteiger partial charge is 0.264 e. The Kier molecular flexibility index (Phi) is 5.06. The van der Waals surface area contributed by atoms with Crippen molar-refractivity contribution in [2.45, 2.75) is 31.7 Å². The number of nitrogens with zero attached hydrogens (tertiary/aromatic N) is 1. The zero-order valence-electron chi connectivity index (χ0n) is 10.5. The van der Waals surface area contributed by atoms with Crippen LogP contribution in [0.5, 0.6) is 5.75 Å². The Morgan fingerprint density at radius 2 is 2.39 bits per heavy atom. The molecule has 100 valence electrons. The molecule has 0 radical (unpaired) electrons. The molecule has 1 amide bonds. The van der Waals surface area contributed by atoms with Gasteiger partial charge in [-0.2, -0.15) is 0 Å². The van der Waals surface area contributed by atoms with Crippen LogP contribution in [-0.2, 0) is 0 Å². The molecule has 2 rings (SSSR count). The summed E-state index contributed by atoms with van der Waals surface area (Å²) in [6.07, 6.45) is 4.55. The second kappa shape index (κ2) is 6.57. The highest BCUT2D eigenvalue weighted by Gasteiger charge is 2.29. The molecule has 0 unspecified atom stereocenters. The third-order valence-corrected chi connectivity index (χ3v) is 4.79. The Bertz CT molecular complexity index is 403. The minimum absolute atomic E-state index is 0.161. The van der Waals surface area contributed by atoms with Crippen LogP contribution in [0.1, 0.15) is 35.4 Å². The number of hydrogen-bond donors (Lipinski definition) is 0. The highest BCUT2D eigenvalue weighted by molar-refractivity contribution is 9.09. The summed E-state index contributed by atoms with van der Waals surface area (Å²) in [5.74, 6) is 0.936. The first-order valence-electron chi connectivity index (χ1n) is 6.25. The molecule has 0 saturated heterocycles. The van der Waals surface area contributed by atoms with Crippen molar-refractivity contribution in [3.8, 4) is 5.75 Å². The Morgan fingerprint density at radius 3 is 2.89 bits per heavy atom. The number of thiophene rings is 1. The molecule has 0 spiro atoms. The number of alkyl halides is 1. The summed E-state index contributed by atoms with van der Waals surface area (Å²) < 4.78 is 5.14. The number of methoxy groups -OCH3 is 1. The number of rotatable bonds is 6. The predicted octanol–water partition coefficient (Wildman–Crippen LogP) is 3.54. The van der Waals surface area contributed by atoms with Gasteiger partial charge in [0.1, 0.15) is 5.75 Å². The summed E-state index contributed by atoms with van der Waals surface area (Å²) in [6.45, 7) is 0.842. The highest BCUT2D eigenvalue weighted by atomic mass is 79.9. The second-order valence-electron chi connectivity index (χ2n) is 4.48. The number of ether oxygens (including phenoxy) is 1. The third-order valence-electron chi connectivity index (χ3n) is 3.33. The molecule has 0 bridgehead atoms. The van der Waals surface area contributed by atoms with Gasteiger partial charge in [0.2, 0.25) is 0 Å². The van der Waals surface area contributed by atoms with Crippen LogP contribution in [0.15, 0.2) is 11.4 Å². The molecule has 1 heterocycles. The summed E-state index contributed by atoms with van der Waals surface area (Å²) in [6, 6.07) is 2.29. The first-order valence-corrected chi connectivity index (χ1v) is 8.26. The van der Waals surface area contributed by atoms with Gasteiger partial charge in [-0.15, -0.1) is 11.3 Å². The SMILES string of the molecule is COc1csc(C(=O)N(CCCBr)C2CCC2)c1. The normalized spacial score (nSPS) is 15.2. The fourth-order valence-corrected chi connectivity index (χ4v) is 3.12. The van der Waals surface area contributed by atoms with Crippen LogP contribution in [0.4, 0.5) is 0 Å². The minimum Gasteiger partial charge on any atom is -0.496 e. The monoisotopic (exact) mass is 331 g/mol. The molecule has 1 aromatic rings. The lowest BCUT2D eigenvalue weighted by Gasteiger charge is -2.37. The van der Waals surface area contributed by atoms with Gasteiger partial charge in [0, 0.05) is 29.4 Å². The number of hydrogen-bond acceptors (Lipinski definition) is 3. The highest BCUT2D eigenvalue weighted by Crippen LogP contribution is 2.29. The predicted molar refractivity (Wildman–Crippen MR) is 78.0 cm³/mol. The van der Waals surface area contributed by atoms with Crippen molar-refractivity contribution in [3.05, 3.63) is 16.3 Å². The summed E-state index contributed by atoms with van der Waals surface area (Å²) in [5.41, 5.74) is 0. The van der Waals surface area contributed by atoms with Gasteiger partial charge in [0.15, 0.2) is 0 Å². The Labute approximate surface area is 120 Å². The van der Waals surface area contributed by atoms with Gasteiger partial charge >= 0.3 is 0 Å². The van der Waals surface area contributed by atoms with Crippen LogP contribution in [0, 0.1) is 0 Å². The summed E-state index contributed by atoms with van der Waals surface area (Å²) >= 11 is 4.90. The molecule has 0 N–H and O–H groups in total.